The molecule has 2 aromatic rings. The van der Waals surface area contributed by atoms with Gasteiger partial charge in [-0.1, -0.05) is 31.9 Å². The number of nitrogens with zero attached hydrogens (tertiary/aromatic N) is 3. The normalized spacial score (nSPS) is 22.1. The van der Waals surface area contributed by atoms with E-state index in [-0.39, 0.29) is 0 Å². The van der Waals surface area contributed by atoms with Crippen molar-refractivity contribution in [2.45, 2.75) is 39.2 Å². The van der Waals surface area contributed by atoms with Crippen LogP contribution in [0.4, 0.5) is 5.69 Å². The molecule has 1 saturated carbocycles. The van der Waals surface area contributed by atoms with Gasteiger partial charge in [-0.15, -0.1) is 0 Å². The van der Waals surface area contributed by atoms with Crippen molar-refractivity contribution in [2.24, 2.45) is 11.8 Å². The Balaban J connectivity index is 1.48. The lowest BCUT2D eigenvalue weighted by molar-refractivity contribution is 0.300. The molecule has 0 bridgehead atoms. The number of hydrogen-bond acceptors (Lipinski definition) is 3. The van der Waals surface area contributed by atoms with Gasteiger partial charge >= 0.3 is 0 Å². The van der Waals surface area contributed by atoms with Gasteiger partial charge in [0.1, 0.15) is 12.7 Å². The zero-order valence-electron chi connectivity index (χ0n) is 12.7. The summed E-state index contributed by atoms with van der Waals surface area (Å²) >= 11 is 0. The van der Waals surface area contributed by atoms with Crippen molar-refractivity contribution in [3.8, 4) is 0 Å². The van der Waals surface area contributed by atoms with Crippen LogP contribution in [0.25, 0.3) is 0 Å². The molecular formula is C17H24N4. The number of rotatable bonds is 5. The van der Waals surface area contributed by atoms with Gasteiger partial charge in [-0.05, 0) is 42.4 Å². The molecule has 0 amide bonds. The van der Waals surface area contributed by atoms with Crippen LogP contribution in [0.1, 0.15) is 38.2 Å². The summed E-state index contributed by atoms with van der Waals surface area (Å²) in [5, 5.41) is 7.71. The number of aromatic nitrogens is 3. The van der Waals surface area contributed by atoms with Crippen molar-refractivity contribution in [1.29, 1.82) is 0 Å². The molecule has 1 heterocycles. The second-order valence-corrected chi connectivity index (χ2v) is 6.30. The molecule has 0 aliphatic heterocycles. The molecule has 112 valence electrons. The zero-order chi connectivity index (χ0) is 14.5. The van der Waals surface area contributed by atoms with Crippen molar-refractivity contribution in [1.82, 2.24) is 14.8 Å². The van der Waals surface area contributed by atoms with Crippen LogP contribution >= 0.6 is 0 Å². The van der Waals surface area contributed by atoms with E-state index in [9.17, 15) is 0 Å². The van der Waals surface area contributed by atoms with Gasteiger partial charge in [0.25, 0.3) is 0 Å². The van der Waals surface area contributed by atoms with Crippen molar-refractivity contribution in [3.63, 3.8) is 0 Å². The van der Waals surface area contributed by atoms with E-state index in [1.54, 1.807) is 12.7 Å². The maximum atomic E-state index is 4.13. The van der Waals surface area contributed by atoms with E-state index in [1.165, 1.54) is 36.9 Å². The van der Waals surface area contributed by atoms with Gasteiger partial charge in [-0.3, -0.25) is 0 Å². The Morgan fingerprint density at radius 3 is 2.57 bits per heavy atom. The molecule has 1 aromatic carbocycles. The SMILES string of the molecule is CC1CCC(CNc2ccc(Cn3cncn3)cc2)CC1. The topological polar surface area (TPSA) is 42.7 Å². The summed E-state index contributed by atoms with van der Waals surface area (Å²) in [4.78, 5) is 3.96. The third-order valence-electron chi connectivity index (χ3n) is 4.50. The van der Waals surface area contributed by atoms with Crippen molar-refractivity contribution in [3.05, 3.63) is 42.5 Å². The fourth-order valence-electron chi connectivity index (χ4n) is 3.02. The molecule has 1 aliphatic rings. The van der Waals surface area contributed by atoms with Gasteiger partial charge < -0.3 is 5.32 Å². The summed E-state index contributed by atoms with van der Waals surface area (Å²) in [6.07, 6.45) is 8.85. The molecule has 4 heteroatoms. The Labute approximate surface area is 126 Å². The lowest BCUT2D eigenvalue weighted by Gasteiger charge is -2.26. The third-order valence-corrected chi connectivity index (χ3v) is 4.50. The summed E-state index contributed by atoms with van der Waals surface area (Å²) in [6.45, 7) is 4.26. The van der Waals surface area contributed by atoms with Crippen LogP contribution in [0.2, 0.25) is 0 Å². The van der Waals surface area contributed by atoms with Gasteiger partial charge in [0, 0.05) is 12.2 Å². The van der Waals surface area contributed by atoms with Crippen LogP contribution in [-0.2, 0) is 6.54 Å². The summed E-state index contributed by atoms with van der Waals surface area (Å²) in [6, 6.07) is 8.65. The molecular weight excluding hydrogens is 260 g/mol. The van der Waals surface area contributed by atoms with Crippen LogP contribution in [-0.4, -0.2) is 21.3 Å². The highest BCUT2D eigenvalue weighted by atomic mass is 15.3. The average molecular weight is 284 g/mol. The second kappa shape index (κ2) is 6.74. The minimum absolute atomic E-state index is 0.779. The number of hydrogen-bond donors (Lipinski definition) is 1. The maximum Gasteiger partial charge on any atom is 0.137 e. The van der Waals surface area contributed by atoms with Gasteiger partial charge in [0.15, 0.2) is 0 Å². The number of anilines is 1. The van der Waals surface area contributed by atoms with Crippen molar-refractivity contribution in [2.75, 3.05) is 11.9 Å². The van der Waals surface area contributed by atoms with E-state index in [2.05, 4.69) is 46.6 Å². The molecule has 1 N–H and O–H groups in total. The summed E-state index contributed by atoms with van der Waals surface area (Å²) in [7, 11) is 0. The molecule has 4 nitrogen and oxygen atoms in total. The van der Waals surface area contributed by atoms with Crippen LogP contribution in [0, 0.1) is 11.8 Å². The molecule has 1 aromatic heterocycles. The summed E-state index contributed by atoms with van der Waals surface area (Å²) in [5.41, 5.74) is 2.47. The lowest BCUT2D eigenvalue weighted by Crippen LogP contribution is -2.20. The van der Waals surface area contributed by atoms with Crippen LogP contribution in [0.5, 0.6) is 0 Å². The number of nitrogens with one attached hydrogen (secondary N) is 1. The highest BCUT2D eigenvalue weighted by Gasteiger charge is 2.17. The summed E-state index contributed by atoms with van der Waals surface area (Å²) in [5.74, 6) is 1.77. The second-order valence-electron chi connectivity index (χ2n) is 6.30. The smallest absolute Gasteiger partial charge is 0.137 e. The Hall–Kier alpha value is -1.84. The van der Waals surface area contributed by atoms with E-state index in [0.717, 1.165) is 24.9 Å². The van der Waals surface area contributed by atoms with Gasteiger partial charge in [-0.2, -0.15) is 5.10 Å². The Bertz CT molecular complexity index is 524. The number of benzene rings is 1. The molecule has 0 saturated heterocycles. The van der Waals surface area contributed by atoms with Gasteiger partial charge in [0.2, 0.25) is 0 Å². The van der Waals surface area contributed by atoms with Crippen molar-refractivity contribution < 1.29 is 0 Å². The fraction of sp³-hybridized carbons (Fsp3) is 0.529. The molecule has 0 unspecified atom stereocenters. The highest BCUT2D eigenvalue weighted by Crippen LogP contribution is 2.28. The lowest BCUT2D eigenvalue weighted by atomic mass is 9.83. The quantitative estimate of drug-likeness (QED) is 0.913. The Morgan fingerprint density at radius 1 is 1.14 bits per heavy atom. The Morgan fingerprint density at radius 2 is 1.90 bits per heavy atom. The molecule has 21 heavy (non-hydrogen) atoms. The third kappa shape index (κ3) is 4.06. The van der Waals surface area contributed by atoms with E-state index in [4.69, 9.17) is 0 Å². The molecule has 1 aliphatic carbocycles. The molecule has 3 rings (SSSR count). The minimum atomic E-state index is 0.779. The largest absolute Gasteiger partial charge is 0.385 e. The van der Waals surface area contributed by atoms with Gasteiger partial charge in [0.05, 0.1) is 6.54 Å². The zero-order valence-corrected chi connectivity index (χ0v) is 12.7. The summed E-state index contributed by atoms with van der Waals surface area (Å²) < 4.78 is 1.84. The average Bonchev–Trinajstić information content (AvgIpc) is 3.01. The Kier molecular flexibility index (Phi) is 4.53. The van der Waals surface area contributed by atoms with Gasteiger partial charge in [-0.25, -0.2) is 9.67 Å². The van der Waals surface area contributed by atoms with Crippen LogP contribution in [0.3, 0.4) is 0 Å². The minimum Gasteiger partial charge on any atom is -0.385 e. The molecule has 0 spiro atoms. The van der Waals surface area contributed by atoms with Crippen molar-refractivity contribution >= 4 is 5.69 Å². The van der Waals surface area contributed by atoms with Crippen LogP contribution < -0.4 is 5.32 Å². The standard InChI is InChI=1S/C17H24N4/c1-14-2-4-15(5-3-14)10-19-17-8-6-16(7-9-17)11-21-13-18-12-20-21/h6-9,12-15,19H,2-5,10-11H2,1H3. The monoisotopic (exact) mass is 284 g/mol. The van der Waals surface area contributed by atoms with Crippen LogP contribution in [0.15, 0.2) is 36.9 Å². The first-order valence-corrected chi connectivity index (χ1v) is 7.95. The first-order valence-electron chi connectivity index (χ1n) is 7.95. The molecule has 0 atom stereocenters. The van der Waals surface area contributed by atoms with E-state index >= 15 is 0 Å². The van der Waals surface area contributed by atoms with E-state index in [0.29, 0.717) is 0 Å². The predicted octanol–water partition coefficient (Wildman–Crippen LogP) is 3.56. The van der Waals surface area contributed by atoms with E-state index < -0.39 is 0 Å². The van der Waals surface area contributed by atoms with E-state index in [1.807, 2.05) is 4.68 Å². The molecule has 0 radical (unpaired) electrons. The fourth-order valence-corrected chi connectivity index (χ4v) is 3.02. The predicted molar refractivity (Wildman–Crippen MR) is 85.2 cm³/mol. The first kappa shape index (κ1) is 14.1. The maximum absolute atomic E-state index is 4.13. The first-order chi connectivity index (χ1) is 10.3. The highest BCUT2D eigenvalue weighted by molar-refractivity contribution is 5.44. The molecule has 1 fully saturated rings.